The zero-order valence-electron chi connectivity index (χ0n) is 30.2. The zero-order valence-corrected chi connectivity index (χ0v) is 30.2. The van der Waals surface area contributed by atoms with E-state index in [-0.39, 0.29) is 0 Å². The first kappa shape index (κ1) is 32.9. The maximum Gasteiger partial charge on any atom is 0.160 e. The second-order valence-corrected chi connectivity index (χ2v) is 13.6. The average molecular weight is 717 g/mol. The maximum absolute atomic E-state index is 5.27. The molecule has 0 saturated heterocycles. The van der Waals surface area contributed by atoms with E-state index in [2.05, 4.69) is 129 Å². The molecule has 0 atom stereocenters. The van der Waals surface area contributed by atoms with Gasteiger partial charge in [-0.1, -0.05) is 84.9 Å². The van der Waals surface area contributed by atoms with E-state index in [9.17, 15) is 0 Å². The van der Waals surface area contributed by atoms with Gasteiger partial charge in [0.05, 0.1) is 22.4 Å². The topological polar surface area (TPSA) is 77.3 Å². The summed E-state index contributed by atoms with van der Waals surface area (Å²) < 4.78 is 0. The first-order valence-electron chi connectivity index (χ1n) is 18.5. The third-order valence-electron chi connectivity index (χ3n) is 10.2. The Morgan fingerprint density at radius 2 is 0.714 bits per heavy atom. The Morgan fingerprint density at radius 3 is 1.23 bits per heavy atom. The van der Waals surface area contributed by atoms with E-state index in [0.717, 1.165) is 94.4 Å². The van der Waals surface area contributed by atoms with Crippen molar-refractivity contribution >= 4 is 21.8 Å². The van der Waals surface area contributed by atoms with Crippen LogP contribution in [0.4, 0.5) is 0 Å². The minimum Gasteiger partial charge on any atom is -0.265 e. The molecule has 0 fully saturated rings. The molecule has 5 aromatic carbocycles. The molecule has 10 rings (SSSR count). The van der Waals surface area contributed by atoms with Gasteiger partial charge in [0, 0.05) is 64.6 Å². The Morgan fingerprint density at radius 1 is 0.286 bits per heavy atom. The molecular formula is C50H32N6. The van der Waals surface area contributed by atoms with Crippen LogP contribution in [0.3, 0.4) is 0 Å². The lowest BCUT2D eigenvalue weighted by Crippen LogP contribution is -1.97. The molecule has 0 aliphatic carbocycles. The molecule has 56 heavy (non-hydrogen) atoms. The van der Waals surface area contributed by atoms with E-state index in [4.69, 9.17) is 9.97 Å². The molecule has 0 aliphatic heterocycles. The third-order valence-corrected chi connectivity index (χ3v) is 10.2. The molecule has 0 aliphatic rings. The normalized spacial score (nSPS) is 11.2. The summed E-state index contributed by atoms with van der Waals surface area (Å²) in [6, 6.07) is 54.6. The van der Waals surface area contributed by atoms with Gasteiger partial charge in [-0.15, -0.1) is 0 Å². The van der Waals surface area contributed by atoms with Gasteiger partial charge in [-0.3, -0.25) is 19.9 Å². The monoisotopic (exact) mass is 716 g/mol. The molecule has 6 heteroatoms. The van der Waals surface area contributed by atoms with Crippen LogP contribution in [0.2, 0.25) is 0 Å². The SMILES string of the molecule is c1ccc2c(-c3ccc(-c4cc(-c5cc(-c6ccncc6)cc(-c6ccncc6)c5)nc(-c5ccc(-c6ccnc7ccccc67)cc5)n4)cc3)ccnc2c1. The van der Waals surface area contributed by atoms with Crippen molar-refractivity contribution in [1.82, 2.24) is 29.9 Å². The van der Waals surface area contributed by atoms with Crippen molar-refractivity contribution in [2.24, 2.45) is 0 Å². The second kappa shape index (κ2) is 14.3. The highest BCUT2D eigenvalue weighted by atomic mass is 14.9. The fraction of sp³-hybridized carbons (Fsp3) is 0. The van der Waals surface area contributed by atoms with Crippen LogP contribution >= 0.6 is 0 Å². The number of hydrogen-bond donors (Lipinski definition) is 0. The van der Waals surface area contributed by atoms with Gasteiger partial charge in [0.15, 0.2) is 5.82 Å². The van der Waals surface area contributed by atoms with Crippen molar-refractivity contribution in [2.75, 3.05) is 0 Å². The predicted molar refractivity (Wildman–Crippen MR) is 226 cm³/mol. The lowest BCUT2D eigenvalue weighted by atomic mass is 9.95. The number of hydrogen-bond acceptors (Lipinski definition) is 6. The van der Waals surface area contributed by atoms with Gasteiger partial charge >= 0.3 is 0 Å². The van der Waals surface area contributed by atoms with E-state index < -0.39 is 0 Å². The molecule has 0 saturated carbocycles. The number of pyridine rings is 4. The number of para-hydroxylation sites is 2. The van der Waals surface area contributed by atoms with Crippen LogP contribution in [0.15, 0.2) is 195 Å². The van der Waals surface area contributed by atoms with Crippen molar-refractivity contribution in [1.29, 1.82) is 0 Å². The van der Waals surface area contributed by atoms with Gasteiger partial charge in [0.1, 0.15) is 0 Å². The Hall–Kier alpha value is -7.70. The van der Waals surface area contributed by atoms with Crippen LogP contribution in [0.5, 0.6) is 0 Å². The van der Waals surface area contributed by atoms with Crippen LogP contribution < -0.4 is 0 Å². The molecular weight excluding hydrogens is 685 g/mol. The van der Waals surface area contributed by atoms with Gasteiger partial charge in [-0.2, -0.15) is 0 Å². The molecule has 0 amide bonds. The van der Waals surface area contributed by atoms with Crippen LogP contribution in [-0.4, -0.2) is 29.9 Å². The van der Waals surface area contributed by atoms with Crippen molar-refractivity contribution in [3.63, 3.8) is 0 Å². The summed E-state index contributed by atoms with van der Waals surface area (Å²) in [5, 5.41) is 2.24. The molecule has 0 N–H and O–H groups in total. The summed E-state index contributed by atoms with van der Waals surface area (Å²) in [7, 11) is 0. The van der Waals surface area contributed by atoms with Crippen molar-refractivity contribution in [2.45, 2.75) is 0 Å². The Kier molecular flexibility index (Phi) is 8.39. The van der Waals surface area contributed by atoms with Gasteiger partial charge < -0.3 is 0 Å². The van der Waals surface area contributed by atoms with Gasteiger partial charge in [0.2, 0.25) is 0 Å². The Labute approximate surface area is 324 Å². The molecule has 6 nitrogen and oxygen atoms in total. The van der Waals surface area contributed by atoms with E-state index in [1.165, 1.54) is 0 Å². The quantitative estimate of drug-likeness (QED) is 0.163. The van der Waals surface area contributed by atoms with Crippen molar-refractivity contribution in [3.8, 4) is 78.4 Å². The Bertz CT molecular complexity index is 2790. The van der Waals surface area contributed by atoms with E-state index >= 15 is 0 Å². The predicted octanol–water partition coefficient (Wildman–Crippen LogP) is 12.0. The standard InChI is InChI=1S/C50H32N6/c1-3-7-46-44(5-1)42(21-27-53-46)35-9-13-37(14-10-35)48-32-49(41-30-39(33-17-23-51-24-18-33)29-40(31-41)34-19-25-52-26-20-34)56-50(55-48)38-15-11-36(12-16-38)43-22-28-54-47-8-4-2-6-45(43)47/h1-32H. The molecule has 0 unspecified atom stereocenters. The smallest absolute Gasteiger partial charge is 0.160 e. The van der Waals surface area contributed by atoms with E-state index in [1.807, 2.05) is 85.7 Å². The number of nitrogens with zero attached hydrogens (tertiary/aromatic N) is 6. The zero-order chi connectivity index (χ0) is 37.3. The molecule has 0 spiro atoms. The largest absolute Gasteiger partial charge is 0.265 e. The number of aromatic nitrogens is 6. The van der Waals surface area contributed by atoms with Crippen LogP contribution in [0.25, 0.3) is 100 Å². The highest BCUT2D eigenvalue weighted by molar-refractivity contribution is 5.95. The molecule has 262 valence electrons. The number of fused-ring (bicyclic) bond motifs is 2. The summed E-state index contributed by atoms with van der Waals surface area (Å²) >= 11 is 0. The molecule has 5 heterocycles. The van der Waals surface area contributed by atoms with Gasteiger partial charge in [-0.05, 0) is 117 Å². The number of benzene rings is 5. The lowest BCUT2D eigenvalue weighted by Gasteiger charge is -2.14. The summed E-state index contributed by atoms with van der Waals surface area (Å²) in [4.78, 5) is 28.2. The first-order chi connectivity index (χ1) is 27.7. The second-order valence-electron chi connectivity index (χ2n) is 13.6. The van der Waals surface area contributed by atoms with Gasteiger partial charge in [0.25, 0.3) is 0 Å². The minimum absolute atomic E-state index is 0.646. The average Bonchev–Trinajstić information content (AvgIpc) is 3.29. The fourth-order valence-electron chi connectivity index (χ4n) is 7.38. The molecule has 0 radical (unpaired) electrons. The van der Waals surface area contributed by atoms with Crippen LogP contribution in [0.1, 0.15) is 0 Å². The van der Waals surface area contributed by atoms with Crippen molar-refractivity contribution in [3.05, 3.63) is 195 Å². The van der Waals surface area contributed by atoms with Crippen LogP contribution in [-0.2, 0) is 0 Å². The maximum atomic E-state index is 5.27. The highest BCUT2D eigenvalue weighted by Crippen LogP contribution is 2.36. The van der Waals surface area contributed by atoms with E-state index in [0.29, 0.717) is 5.82 Å². The summed E-state index contributed by atoms with van der Waals surface area (Å²) in [6.45, 7) is 0. The van der Waals surface area contributed by atoms with Gasteiger partial charge in [-0.25, -0.2) is 9.97 Å². The Balaban J connectivity index is 1.12. The number of rotatable bonds is 7. The van der Waals surface area contributed by atoms with E-state index in [1.54, 1.807) is 0 Å². The highest BCUT2D eigenvalue weighted by Gasteiger charge is 2.15. The first-order valence-corrected chi connectivity index (χ1v) is 18.5. The molecule has 0 bridgehead atoms. The minimum atomic E-state index is 0.646. The molecule has 10 aromatic rings. The summed E-state index contributed by atoms with van der Waals surface area (Å²) in [6.07, 6.45) is 11.0. The summed E-state index contributed by atoms with van der Waals surface area (Å²) in [5.74, 6) is 0.646. The lowest BCUT2D eigenvalue weighted by molar-refractivity contribution is 1.18. The van der Waals surface area contributed by atoms with Crippen LogP contribution in [0, 0.1) is 0 Å². The third kappa shape index (κ3) is 6.35. The van der Waals surface area contributed by atoms with Crippen molar-refractivity contribution < 1.29 is 0 Å². The fourth-order valence-corrected chi connectivity index (χ4v) is 7.38. The molecule has 5 aromatic heterocycles. The summed E-state index contributed by atoms with van der Waals surface area (Å²) in [5.41, 5.74) is 15.3.